The van der Waals surface area contributed by atoms with Gasteiger partial charge in [-0.1, -0.05) is 41.4 Å². The van der Waals surface area contributed by atoms with Gasteiger partial charge in [0.05, 0.1) is 17.0 Å². The number of aryl methyl sites for hydroxylation is 1. The molecule has 1 amide bonds. The van der Waals surface area contributed by atoms with Crippen molar-refractivity contribution >= 4 is 35.0 Å². The van der Waals surface area contributed by atoms with Crippen molar-refractivity contribution in [2.24, 2.45) is 5.10 Å². The summed E-state index contributed by atoms with van der Waals surface area (Å²) in [7, 11) is 0. The molecule has 3 nitrogen and oxygen atoms in total. The van der Waals surface area contributed by atoms with Crippen molar-refractivity contribution in [1.29, 1.82) is 0 Å². The number of benzene rings is 2. The zero-order valence-corrected chi connectivity index (χ0v) is 13.1. The molecular formula is C18H15ClN2O. The van der Waals surface area contributed by atoms with Gasteiger partial charge < -0.3 is 0 Å². The van der Waals surface area contributed by atoms with Crippen molar-refractivity contribution in [3.05, 3.63) is 70.3 Å². The molecule has 2 aromatic rings. The Morgan fingerprint density at radius 3 is 2.27 bits per heavy atom. The number of carbonyl (C=O) groups is 1. The van der Waals surface area contributed by atoms with Crippen molar-refractivity contribution in [3.8, 4) is 0 Å². The van der Waals surface area contributed by atoms with Gasteiger partial charge in [-0.25, -0.2) is 0 Å². The number of nitrogens with zero attached hydrogens (tertiary/aromatic N) is 2. The molecule has 1 aliphatic heterocycles. The molecule has 0 radical (unpaired) electrons. The van der Waals surface area contributed by atoms with E-state index >= 15 is 0 Å². The molecular weight excluding hydrogens is 296 g/mol. The molecule has 1 aliphatic rings. The molecule has 0 aromatic heterocycles. The number of hydrogen-bond donors (Lipinski definition) is 0. The normalized spacial score (nSPS) is 16.3. The van der Waals surface area contributed by atoms with E-state index in [1.54, 1.807) is 24.3 Å². The molecule has 0 aliphatic carbocycles. The van der Waals surface area contributed by atoms with Crippen molar-refractivity contribution in [3.63, 3.8) is 0 Å². The number of hydrazone groups is 1. The SMILES string of the molecule is CC1=NN(c2ccc(Cl)cc2)C(=O)/C1=C\c1ccc(C)cc1. The molecule has 22 heavy (non-hydrogen) atoms. The average Bonchev–Trinajstić information content (AvgIpc) is 2.78. The molecule has 0 saturated heterocycles. The van der Waals surface area contributed by atoms with E-state index in [1.807, 2.05) is 44.2 Å². The summed E-state index contributed by atoms with van der Waals surface area (Å²) >= 11 is 5.88. The molecule has 0 saturated carbocycles. The van der Waals surface area contributed by atoms with Gasteiger partial charge in [0.15, 0.2) is 0 Å². The third kappa shape index (κ3) is 2.81. The van der Waals surface area contributed by atoms with Crippen LogP contribution in [0, 0.1) is 6.92 Å². The molecule has 0 fully saturated rings. The number of hydrogen-bond acceptors (Lipinski definition) is 2. The number of anilines is 1. The number of halogens is 1. The highest BCUT2D eigenvalue weighted by Gasteiger charge is 2.28. The summed E-state index contributed by atoms with van der Waals surface area (Å²) in [6.45, 7) is 3.88. The first-order valence-electron chi connectivity index (χ1n) is 6.98. The van der Waals surface area contributed by atoms with Crippen molar-refractivity contribution in [2.45, 2.75) is 13.8 Å². The van der Waals surface area contributed by atoms with Gasteiger partial charge in [-0.2, -0.15) is 10.1 Å². The number of amides is 1. The van der Waals surface area contributed by atoms with Gasteiger partial charge >= 0.3 is 0 Å². The predicted octanol–water partition coefficient (Wildman–Crippen LogP) is 4.45. The third-order valence-electron chi connectivity index (χ3n) is 3.52. The maximum atomic E-state index is 12.6. The summed E-state index contributed by atoms with van der Waals surface area (Å²) < 4.78 is 0. The monoisotopic (exact) mass is 310 g/mol. The van der Waals surface area contributed by atoms with Crippen LogP contribution in [-0.2, 0) is 4.79 Å². The smallest absolute Gasteiger partial charge is 0.267 e. The molecule has 0 bridgehead atoms. The Balaban J connectivity index is 1.92. The maximum Gasteiger partial charge on any atom is 0.280 e. The zero-order chi connectivity index (χ0) is 15.7. The fourth-order valence-corrected chi connectivity index (χ4v) is 2.40. The zero-order valence-electron chi connectivity index (χ0n) is 12.4. The minimum Gasteiger partial charge on any atom is -0.267 e. The molecule has 110 valence electrons. The summed E-state index contributed by atoms with van der Waals surface area (Å²) in [6.07, 6.45) is 1.87. The van der Waals surface area contributed by atoms with Gasteiger partial charge in [-0.15, -0.1) is 0 Å². The van der Waals surface area contributed by atoms with Gasteiger partial charge in [0.2, 0.25) is 0 Å². The quantitative estimate of drug-likeness (QED) is 0.754. The van der Waals surface area contributed by atoms with Gasteiger partial charge in [0, 0.05) is 5.02 Å². The van der Waals surface area contributed by atoms with Crippen LogP contribution in [0.15, 0.2) is 59.2 Å². The summed E-state index contributed by atoms with van der Waals surface area (Å²) in [5, 5.41) is 6.39. The lowest BCUT2D eigenvalue weighted by molar-refractivity contribution is -0.114. The summed E-state index contributed by atoms with van der Waals surface area (Å²) in [5.41, 5.74) is 4.20. The Morgan fingerprint density at radius 1 is 1.00 bits per heavy atom. The largest absolute Gasteiger partial charge is 0.280 e. The molecule has 0 spiro atoms. The van der Waals surface area contributed by atoms with Crippen LogP contribution in [0.25, 0.3) is 6.08 Å². The van der Waals surface area contributed by atoms with Crippen molar-refractivity contribution in [2.75, 3.05) is 5.01 Å². The van der Waals surface area contributed by atoms with E-state index in [4.69, 9.17) is 11.6 Å². The standard InChI is InChI=1S/C18H15ClN2O/c1-12-3-5-14(6-4-12)11-17-13(2)20-21(18(17)22)16-9-7-15(19)8-10-16/h3-11H,1-2H3/b17-11-. The van der Waals surface area contributed by atoms with Gasteiger partial charge in [-0.3, -0.25) is 4.79 Å². The number of rotatable bonds is 2. The predicted molar refractivity (Wildman–Crippen MR) is 91.2 cm³/mol. The first-order valence-corrected chi connectivity index (χ1v) is 7.36. The van der Waals surface area contributed by atoms with E-state index in [0.29, 0.717) is 22.0 Å². The summed E-state index contributed by atoms with van der Waals surface area (Å²) in [6, 6.07) is 15.1. The first-order chi connectivity index (χ1) is 10.5. The molecule has 0 atom stereocenters. The fraction of sp³-hybridized carbons (Fsp3) is 0.111. The maximum absolute atomic E-state index is 12.6. The first kappa shape index (κ1) is 14.5. The third-order valence-corrected chi connectivity index (χ3v) is 3.77. The highest BCUT2D eigenvalue weighted by Crippen LogP contribution is 2.26. The fourth-order valence-electron chi connectivity index (χ4n) is 2.27. The molecule has 2 aromatic carbocycles. The van der Waals surface area contributed by atoms with Crippen LogP contribution in [-0.4, -0.2) is 11.6 Å². The highest BCUT2D eigenvalue weighted by molar-refractivity contribution is 6.32. The van der Waals surface area contributed by atoms with E-state index < -0.39 is 0 Å². The van der Waals surface area contributed by atoms with Crippen LogP contribution >= 0.6 is 11.6 Å². The molecule has 0 unspecified atom stereocenters. The summed E-state index contributed by atoms with van der Waals surface area (Å²) in [4.78, 5) is 12.6. The number of carbonyl (C=O) groups excluding carboxylic acids is 1. The average molecular weight is 311 g/mol. The second-order valence-corrected chi connectivity index (χ2v) is 5.68. The molecule has 4 heteroatoms. The Kier molecular flexibility index (Phi) is 3.82. The van der Waals surface area contributed by atoms with Crippen LogP contribution in [0.1, 0.15) is 18.1 Å². The van der Waals surface area contributed by atoms with Gasteiger partial charge in [0.1, 0.15) is 0 Å². The molecule has 3 rings (SSSR count). The van der Waals surface area contributed by atoms with Crippen molar-refractivity contribution in [1.82, 2.24) is 0 Å². The van der Waals surface area contributed by atoms with Crippen LogP contribution in [0.5, 0.6) is 0 Å². The Labute approximate surface area is 134 Å². The van der Waals surface area contributed by atoms with Gasteiger partial charge in [-0.05, 0) is 49.8 Å². The minimum absolute atomic E-state index is 0.125. The molecule has 0 N–H and O–H groups in total. The lowest BCUT2D eigenvalue weighted by atomic mass is 10.1. The summed E-state index contributed by atoms with van der Waals surface area (Å²) in [5.74, 6) is -0.125. The van der Waals surface area contributed by atoms with E-state index in [1.165, 1.54) is 10.6 Å². The van der Waals surface area contributed by atoms with E-state index in [2.05, 4.69) is 5.10 Å². The molecule has 1 heterocycles. The van der Waals surface area contributed by atoms with Crippen LogP contribution in [0.4, 0.5) is 5.69 Å². The van der Waals surface area contributed by atoms with E-state index in [-0.39, 0.29) is 5.91 Å². The second kappa shape index (κ2) is 5.78. The Bertz CT molecular complexity index is 774. The lowest BCUT2D eigenvalue weighted by Gasteiger charge is -2.11. The van der Waals surface area contributed by atoms with Crippen LogP contribution < -0.4 is 5.01 Å². The Hall–Kier alpha value is -2.39. The van der Waals surface area contributed by atoms with Crippen LogP contribution in [0.2, 0.25) is 5.02 Å². The topological polar surface area (TPSA) is 32.7 Å². The highest BCUT2D eigenvalue weighted by atomic mass is 35.5. The van der Waals surface area contributed by atoms with Crippen molar-refractivity contribution < 1.29 is 4.79 Å². The Morgan fingerprint density at radius 2 is 1.64 bits per heavy atom. The van der Waals surface area contributed by atoms with Crippen LogP contribution in [0.3, 0.4) is 0 Å². The lowest BCUT2D eigenvalue weighted by Crippen LogP contribution is -2.21. The minimum atomic E-state index is -0.125. The second-order valence-electron chi connectivity index (χ2n) is 5.25. The van der Waals surface area contributed by atoms with E-state index in [9.17, 15) is 4.79 Å². The van der Waals surface area contributed by atoms with E-state index in [0.717, 1.165) is 5.56 Å². The van der Waals surface area contributed by atoms with Gasteiger partial charge in [0.25, 0.3) is 5.91 Å².